The van der Waals surface area contributed by atoms with Crippen LogP contribution in [0.4, 0.5) is 0 Å². The van der Waals surface area contributed by atoms with Crippen molar-refractivity contribution in [2.75, 3.05) is 19.5 Å². The normalized spacial score (nSPS) is 33.7. The molecule has 19 heavy (non-hydrogen) atoms. The summed E-state index contributed by atoms with van der Waals surface area (Å²) in [7, 11) is -1.90. The largest absolute Gasteiger partial charge is 0.481 e. The number of sulfonamides is 1. The summed E-state index contributed by atoms with van der Waals surface area (Å²) >= 11 is 0. The molecule has 0 aromatic heterocycles. The minimum atomic E-state index is -3.42. The lowest BCUT2D eigenvalue weighted by Gasteiger charge is -2.28. The van der Waals surface area contributed by atoms with Gasteiger partial charge in [-0.05, 0) is 37.5 Å². The van der Waals surface area contributed by atoms with Crippen LogP contribution in [-0.2, 0) is 19.6 Å². The number of nitrogens with one attached hydrogen (secondary N) is 1. The summed E-state index contributed by atoms with van der Waals surface area (Å²) in [6.07, 6.45) is 3.09. The zero-order valence-electron chi connectivity index (χ0n) is 11.0. The molecule has 4 unspecified atom stereocenters. The molecular formula is C12H21NO5S. The molecule has 2 saturated carbocycles. The highest BCUT2D eigenvalue weighted by Gasteiger charge is 2.52. The fourth-order valence-electron chi connectivity index (χ4n) is 3.48. The summed E-state index contributed by atoms with van der Waals surface area (Å²) < 4.78 is 31.3. The number of aliphatic carboxylic acids is 1. The molecule has 110 valence electrons. The van der Waals surface area contributed by atoms with E-state index < -0.39 is 28.0 Å². The molecule has 4 atom stereocenters. The number of hydrogen-bond acceptors (Lipinski definition) is 4. The van der Waals surface area contributed by atoms with Crippen LogP contribution in [0.25, 0.3) is 0 Å². The fraction of sp³-hybridized carbons (Fsp3) is 0.917. The van der Waals surface area contributed by atoms with Crippen LogP contribution >= 0.6 is 0 Å². The van der Waals surface area contributed by atoms with Crippen molar-refractivity contribution in [3.63, 3.8) is 0 Å². The van der Waals surface area contributed by atoms with Gasteiger partial charge in [-0.15, -0.1) is 0 Å². The van der Waals surface area contributed by atoms with Gasteiger partial charge in [0.25, 0.3) is 0 Å². The average molecular weight is 291 g/mol. The maximum Gasteiger partial charge on any atom is 0.308 e. The van der Waals surface area contributed by atoms with E-state index in [1.54, 1.807) is 0 Å². The minimum absolute atomic E-state index is 0.0128. The molecule has 0 saturated heterocycles. The standard InChI is InChI=1S/C12H21NO5S/c1-18-5-2-6-19(16,17)13-11-9-4-3-8(7-9)10(11)12(14)15/h8-11,13H,2-7H2,1H3,(H,14,15). The molecule has 0 aromatic carbocycles. The van der Waals surface area contributed by atoms with E-state index in [0.29, 0.717) is 13.0 Å². The van der Waals surface area contributed by atoms with Crippen molar-refractivity contribution in [1.82, 2.24) is 4.72 Å². The van der Waals surface area contributed by atoms with Crippen molar-refractivity contribution >= 4 is 16.0 Å². The summed E-state index contributed by atoms with van der Waals surface area (Å²) in [6, 6.07) is -0.427. The van der Waals surface area contributed by atoms with E-state index in [2.05, 4.69) is 4.72 Å². The molecule has 2 N–H and O–H groups in total. The number of ether oxygens (including phenoxy) is 1. The predicted octanol–water partition coefficient (Wildman–Crippen LogP) is 0.442. The lowest BCUT2D eigenvalue weighted by Crippen LogP contribution is -2.47. The van der Waals surface area contributed by atoms with Crippen LogP contribution in [0.3, 0.4) is 0 Å². The maximum absolute atomic E-state index is 11.9. The van der Waals surface area contributed by atoms with E-state index in [1.807, 2.05) is 0 Å². The Balaban J connectivity index is 1.99. The van der Waals surface area contributed by atoms with Crippen molar-refractivity contribution in [2.45, 2.75) is 31.7 Å². The highest BCUT2D eigenvalue weighted by molar-refractivity contribution is 7.89. The molecule has 2 aliphatic rings. The molecule has 2 fully saturated rings. The number of carboxylic acid groups (broad SMARTS) is 1. The summed E-state index contributed by atoms with van der Waals surface area (Å²) in [6.45, 7) is 0.389. The predicted molar refractivity (Wildman–Crippen MR) is 69.2 cm³/mol. The molecule has 0 amide bonds. The Morgan fingerprint density at radius 1 is 1.37 bits per heavy atom. The van der Waals surface area contributed by atoms with Gasteiger partial charge in [-0.2, -0.15) is 0 Å². The van der Waals surface area contributed by atoms with Gasteiger partial charge < -0.3 is 9.84 Å². The Bertz CT molecular complexity index is 435. The third kappa shape index (κ3) is 3.27. The summed E-state index contributed by atoms with van der Waals surface area (Å²) in [5.74, 6) is -1.13. The topological polar surface area (TPSA) is 92.7 Å². The van der Waals surface area contributed by atoms with Crippen LogP contribution in [-0.4, -0.2) is 45.0 Å². The van der Waals surface area contributed by atoms with Gasteiger partial charge in [-0.3, -0.25) is 4.79 Å². The number of methoxy groups -OCH3 is 1. The van der Waals surface area contributed by atoms with Gasteiger partial charge in [0.2, 0.25) is 10.0 Å². The summed E-state index contributed by atoms with van der Waals surface area (Å²) in [5, 5.41) is 9.26. The lowest BCUT2D eigenvalue weighted by atomic mass is 9.85. The number of carboxylic acids is 1. The SMILES string of the molecule is COCCCS(=O)(=O)NC1C2CCC(C2)C1C(=O)O. The first-order chi connectivity index (χ1) is 8.94. The van der Waals surface area contributed by atoms with Crippen molar-refractivity contribution < 1.29 is 23.1 Å². The van der Waals surface area contributed by atoms with Gasteiger partial charge in [-0.1, -0.05) is 0 Å². The zero-order valence-corrected chi connectivity index (χ0v) is 11.9. The Hall–Kier alpha value is -0.660. The first-order valence-corrected chi connectivity index (χ1v) is 8.31. The quantitative estimate of drug-likeness (QED) is 0.664. The van der Waals surface area contributed by atoms with E-state index in [9.17, 15) is 18.3 Å². The highest BCUT2D eigenvalue weighted by Crippen LogP contribution is 2.48. The molecule has 0 aromatic rings. The van der Waals surface area contributed by atoms with Crippen LogP contribution in [0.15, 0.2) is 0 Å². The van der Waals surface area contributed by atoms with Gasteiger partial charge in [0.1, 0.15) is 0 Å². The van der Waals surface area contributed by atoms with Gasteiger partial charge >= 0.3 is 5.97 Å². The maximum atomic E-state index is 11.9. The monoisotopic (exact) mass is 291 g/mol. The number of carbonyl (C=O) groups is 1. The van der Waals surface area contributed by atoms with E-state index >= 15 is 0 Å². The first-order valence-electron chi connectivity index (χ1n) is 6.66. The van der Waals surface area contributed by atoms with E-state index in [4.69, 9.17) is 4.74 Å². The second-order valence-electron chi connectivity index (χ2n) is 5.51. The summed E-state index contributed by atoms with van der Waals surface area (Å²) in [4.78, 5) is 11.3. The lowest BCUT2D eigenvalue weighted by molar-refractivity contribution is -0.144. The third-order valence-corrected chi connectivity index (χ3v) is 5.74. The van der Waals surface area contributed by atoms with Gasteiger partial charge in [0.15, 0.2) is 0 Å². The van der Waals surface area contributed by atoms with Crippen LogP contribution < -0.4 is 4.72 Å². The molecule has 7 heteroatoms. The van der Waals surface area contributed by atoms with Crippen LogP contribution in [0, 0.1) is 17.8 Å². The molecule has 2 aliphatic carbocycles. The summed E-state index contributed by atoms with van der Waals surface area (Å²) in [5.41, 5.74) is 0. The molecule has 0 radical (unpaired) electrons. The Morgan fingerprint density at radius 3 is 2.68 bits per heavy atom. The van der Waals surface area contributed by atoms with Gasteiger partial charge in [-0.25, -0.2) is 13.1 Å². The van der Waals surface area contributed by atoms with Gasteiger partial charge in [0.05, 0.1) is 11.7 Å². The van der Waals surface area contributed by atoms with Crippen LogP contribution in [0.5, 0.6) is 0 Å². The van der Waals surface area contributed by atoms with Crippen LogP contribution in [0.2, 0.25) is 0 Å². The minimum Gasteiger partial charge on any atom is -0.481 e. The second-order valence-corrected chi connectivity index (χ2v) is 7.38. The Morgan fingerprint density at radius 2 is 2.05 bits per heavy atom. The fourth-order valence-corrected chi connectivity index (χ4v) is 4.85. The smallest absolute Gasteiger partial charge is 0.308 e. The van der Waals surface area contributed by atoms with Gasteiger partial charge in [0, 0.05) is 19.8 Å². The number of hydrogen-bond donors (Lipinski definition) is 2. The zero-order chi connectivity index (χ0) is 14.0. The van der Waals surface area contributed by atoms with E-state index in [-0.39, 0.29) is 17.6 Å². The van der Waals surface area contributed by atoms with Crippen molar-refractivity contribution in [3.05, 3.63) is 0 Å². The molecule has 0 heterocycles. The Labute approximate surface area is 113 Å². The van der Waals surface area contributed by atoms with Crippen molar-refractivity contribution in [3.8, 4) is 0 Å². The van der Waals surface area contributed by atoms with Crippen LogP contribution in [0.1, 0.15) is 25.7 Å². The average Bonchev–Trinajstić information content (AvgIpc) is 2.88. The molecule has 2 rings (SSSR count). The number of fused-ring (bicyclic) bond motifs is 2. The molecule has 0 aliphatic heterocycles. The first kappa shape index (κ1) is 14.7. The van der Waals surface area contributed by atoms with Crippen molar-refractivity contribution in [2.24, 2.45) is 17.8 Å². The second kappa shape index (κ2) is 5.76. The van der Waals surface area contributed by atoms with Crippen molar-refractivity contribution in [1.29, 1.82) is 0 Å². The van der Waals surface area contributed by atoms with E-state index in [0.717, 1.165) is 19.3 Å². The molecule has 6 nitrogen and oxygen atoms in total. The highest BCUT2D eigenvalue weighted by atomic mass is 32.2. The molecule has 2 bridgehead atoms. The number of rotatable bonds is 7. The van der Waals surface area contributed by atoms with E-state index in [1.165, 1.54) is 7.11 Å². The molecule has 0 spiro atoms. The third-order valence-electron chi connectivity index (χ3n) is 4.28. The molecular weight excluding hydrogens is 270 g/mol. The Kier molecular flexibility index (Phi) is 4.47.